The van der Waals surface area contributed by atoms with Gasteiger partial charge in [0.05, 0.1) is 26.5 Å². The Morgan fingerprint density at radius 2 is 1.72 bits per heavy atom. The van der Waals surface area contributed by atoms with E-state index in [2.05, 4.69) is 10.3 Å². The molecule has 1 aromatic heterocycles. The molecule has 0 unspecified atom stereocenters. The van der Waals surface area contributed by atoms with Gasteiger partial charge in [0.15, 0.2) is 6.79 Å². The number of hydrogen-bond donors (Lipinski definition) is 0. The van der Waals surface area contributed by atoms with E-state index in [1.807, 2.05) is 54.4 Å². The minimum atomic E-state index is 0.0381. The third-order valence-corrected chi connectivity index (χ3v) is 6.63. The van der Waals surface area contributed by atoms with Crippen LogP contribution in [0.4, 0.5) is 0 Å². The summed E-state index contributed by atoms with van der Waals surface area (Å²) in [7, 11) is 6.69. The first kappa shape index (κ1) is 25.5. The fourth-order valence-electron chi connectivity index (χ4n) is 4.63. The minimum Gasteiger partial charge on any atom is -0.497 e. The van der Waals surface area contributed by atoms with Crippen LogP contribution >= 0.6 is 0 Å². The number of benzene rings is 2. The van der Waals surface area contributed by atoms with Crippen molar-refractivity contribution in [3.63, 3.8) is 0 Å². The maximum absolute atomic E-state index is 13.7. The van der Waals surface area contributed by atoms with Crippen molar-refractivity contribution in [2.45, 2.75) is 38.8 Å². The van der Waals surface area contributed by atoms with E-state index in [0.29, 0.717) is 30.3 Å². The highest BCUT2D eigenvalue weighted by atomic mass is 16.7. The topological polar surface area (TPSA) is 87.9 Å². The van der Waals surface area contributed by atoms with Crippen LogP contribution in [0.5, 0.6) is 17.2 Å². The van der Waals surface area contributed by atoms with Crippen LogP contribution in [0, 0.1) is 5.92 Å². The van der Waals surface area contributed by atoms with Crippen molar-refractivity contribution < 1.29 is 23.7 Å². The Balaban J connectivity index is 1.63. The normalized spacial score (nSPS) is 13.6. The average molecular weight is 495 g/mol. The van der Waals surface area contributed by atoms with Crippen molar-refractivity contribution in [3.05, 3.63) is 53.7 Å². The van der Waals surface area contributed by atoms with Crippen molar-refractivity contribution in [2.24, 2.45) is 13.0 Å². The van der Waals surface area contributed by atoms with Gasteiger partial charge in [-0.1, -0.05) is 18.1 Å². The van der Waals surface area contributed by atoms with E-state index in [1.54, 1.807) is 26.0 Å². The summed E-state index contributed by atoms with van der Waals surface area (Å²) in [5, 5.41) is 8.69. The van der Waals surface area contributed by atoms with Gasteiger partial charge >= 0.3 is 0 Å². The van der Waals surface area contributed by atoms with Crippen molar-refractivity contribution in [1.29, 1.82) is 0 Å². The molecule has 0 radical (unpaired) electrons. The van der Waals surface area contributed by atoms with Gasteiger partial charge in [0, 0.05) is 43.8 Å². The summed E-state index contributed by atoms with van der Waals surface area (Å²) in [5.41, 5.74) is 3.42. The zero-order valence-electron chi connectivity index (χ0n) is 21.4. The number of ether oxygens (including phenoxy) is 4. The lowest BCUT2D eigenvalue weighted by molar-refractivity contribution is -0.136. The molecule has 36 heavy (non-hydrogen) atoms. The molecule has 1 aliphatic carbocycles. The smallest absolute Gasteiger partial charge is 0.226 e. The first-order valence-corrected chi connectivity index (χ1v) is 12.1. The molecule has 0 spiro atoms. The Morgan fingerprint density at radius 3 is 2.39 bits per heavy atom. The SMILES string of the molecule is COCOc1ccc(-c2nnn(C)c2CN(Cc2ccc(OC)cc2OC)C(=O)C2CCCC2)cc1. The Hall–Kier alpha value is -3.59. The Morgan fingerprint density at radius 1 is 1.00 bits per heavy atom. The molecule has 3 aromatic rings. The molecule has 9 heteroatoms. The average Bonchev–Trinajstić information content (AvgIpc) is 3.57. The number of rotatable bonds is 11. The zero-order valence-corrected chi connectivity index (χ0v) is 21.4. The summed E-state index contributed by atoms with van der Waals surface area (Å²) < 4.78 is 23.2. The van der Waals surface area contributed by atoms with Crippen molar-refractivity contribution in [3.8, 4) is 28.5 Å². The van der Waals surface area contributed by atoms with Gasteiger partial charge in [-0.3, -0.25) is 4.79 Å². The Kier molecular flexibility index (Phi) is 8.43. The standard InChI is InChI=1S/C27H34N4O5/c1-30-24(26(28-29-30)19-9-12-22(13-10-19)36-18-33-2)17-31(27(32)20-7-5-6-8-20)16-21-11-14-23(34-3)15-25(21)35-4/h9-15,20H,5-8,16-18H2,1-4H3. The highest BCUT2D eigenvalue weighted by Gasteiger charge is 2.29. The molecule has 1 saturated carbocycles. The van der Waals surface area contributed by atoms with Crippen LogP contribution in [0.15, 0.2) is 42.5 Å². The molecule has 2 aromatic carbocycles. The number of aromatic nitrogens is 3. The Bertz CT molecular complexity index is 1160. The molecule has 0 aliphatic heterocycles. The lowest BCUT2D eigenvalue weighted by Crippen LogP contribution is -2.35. The van der Waals surface area contributed by atoms with Crippen LogP contribution in [0.25, 0.3) is 11.3 Å². The van der Waals surface area contributed by atoms with Gasteiger partial charge in [-0.15, -0.1) is 5.10 Å². The highest BCUT2D eigenvalue weighted by molar-refractivity contribution is 5.79. The summed E-state index contributed by atoms with van der Waals surface area (Å²) in [5.74, 6) is 2.29. The largest absolute Gasteiger partial charge is 0.497 e. The van der Waals surface area contributed by atoms with Gasteiger partial charge < -0.3 is 23.8 Å². The summed E-state index contributed by atoms with van der Waals surface area (Å²) in [6.07, 6.45) is 4.03. The number of hydrogen-bond acceptors (Lipinski definition) is 7. The summed E-state index contributed by atoms with van der Waals surface area (Å²) in [6.45, 7) is 0.977. The van der Waals surface area contributed by atoms with Crippen molar-refractivity contribution in [2.75, 3.05) is 28.1 Å². The number of carbonyl (C=O) groups is 1. The van der Waals surface area contributed by atoms with Crippen LogP contribution in [-0.4, -0.2) is 53.9 Å². The fraction of sp³-hybridized carbons (Fsp3) is 0.444. The zero-order chi connectivity index (χ0) is 25.5. The van der Waals surface area contributed by atoms with Crippen LogP contribution in [0.3, 0.4) is 0 Å². The molecule has 4 rings (SSSR count). The van der Waals surface area contributed by atoms with Gasteiger partial charge in [-0.05, 0) is 49.2 Å². The second-order valence-electron chi connectivity index (χ2n) is 8.94. The highest BCUT2D eigenvalue weighted by Crippen LogP contribution is 2.32. The lowest BCUT2D eigenvalue weighted by Gasteiger charge is -2.27. The number of nitrogens with zero attached hydrogens (tertiary/aromatic N) is 4. The molecule has 0 atom stereocenters. The maximum atomic E-state index is 13.7. The fourth-order valence-corrected chi connectivity index (χ4v) is 4.63. The molecule has 0 saturated heterocycles. The van der Waals surface area contributed by atoms with Crippen LogP contribution in [0.1, 0.15) is 36.9 Å². The Labute approximate surface area is 211 Å². The number of methoxy groups -OCH3 is 3. The quantitative estimate of drug-likeness (QED) is 0.369. The second-order valence-corrected chi connectivity index (χ2v) is 8.94. The van der Waals surface area contributed by atoms with Crippen LogP contribution in [0.2, 0.25) is 0 Å². The van der Waals surface area contributed by atoms with E-state index >= 15 is 0 Å². The van der Waals surface area contributed by atoms with Gasteiger partial charge in [-0.25, -0.2) is 4.68 Å². The van der Waals surface area contributed by atoms with E-state index < -0.39 is 0 Å². The molecule has 1 amide bonds. The second kappa shape index (κ2) is 11.9. The number of carbonyl (C=O) groups excluding carboxylic acids is 1. The van der Waals surface area contributed by atoms with Crippen LogP contribution in [-0.2, 0) is 29.7 Å². The van der Waals surface area contributed by atoms with E-state index in [4.69, 9.17) is 18.9 Å². The minimum absolute atomic E-state index is 0.0381. The molecular formula is C27H34N4O5. The molecule has 0 N–H and O–H groups in total. The molecule has 0 bridgehead atoms. The van der Waals surface area contributed by atoms with E-state index in [-0.39, 0.29) is 18.6 Å². The monoisotopic (exact) mass is 494 g/mol. The first-order chi connectivity index (χ1) is 17.5. The van der Waals surface area contributed by atoms with Gasteiger partial charge in [0.1, 0.15) is 22.9 Å². The maximum Gasteiger partial charge on any atom is 0.226 e. The van der Waals surface area contributed by atoms with Gasteiger partial charge in [-0.2, -0.15) is 0 Å². The third-order valence-electron chi connectivity index (χ3n) is 6.63. The molecule has 1 aliphatic rings. The molecule has 1 heterocycles. The van der Waals surface area contributed by atoms with E-state index in [1.165, 1.54) is 0 Å². The first-order valence-electron chi connectivity index (χ1n) is 12.1. The summed E-state index contributed by atoms with van der Waals surface area (Å²) in [4.78, 5) is 15.6. The number of amides is 1. The predicted octanol–water partition coefficient (Wildman–Crippen LogP) is 4.20. The molecule has 192 valence electrons. The lowest BCUT2D eigenvalue weighted by atomic mass is 10.0. The summed E-state index contributed by atoms with van der Waals surface area (Å²) in [6, 6.07) is 13.3. The van der Waals surface area contributed by atoms with Crippen LogP contribution < -0.4 is 14.2 Å². The van der Waals surface area contributed by atoms with E-state index in [9.17, 15) is 4.79 Å². The summed E-state index contributed by atoms with van der Waals surface area (Å²) >= 11 is 0. The number of aryl methyl sites for hydroxylation is 1. The molecule has 9 nitrogen and oxygen atoms in total. The van der Waals surface area contributed by atoms with Crippen molar-refractivity contribution in [1.82, 2.24) is 19.9 Å². The van der Waals surface area contributed by atoms with Crippen molar-refractivity contribution >= 4 is 5.91 Å². The van der Waals surface area contributed by atoms with E-state index in [0.717, 1.165) is 48.2 Å². The molecular weight excluding hydrogens is 460 g/mol. The van der Waals surface area contributed by atoms with Gasteiger partial charge in [0.25, 0.3) is 0 Å². The van der Waals surface area contributed by atoms with Gasteiger partial charge in [0.2, 0.25) is 5.91 Å². The third kappa shape index (κ3) is 5.79. The molecule has 1 fully saturated rings. The predicted molar refractivity (Wildman–Crippen MR) is 135 cm³/mol.